The van der Waals surface area contributed by atoms with E-state index in [-0.39, 0.29) is 0 Å². The zero-order valence-electron chi connectivity index (χ0n) is 47.8. The van der Waals surface area contributed by atoms with E-state index in [0.717, 1.165) is 101 Å². The minimum atomic E-state index is 0.896. The monoisotopic (exact) mass is 1110 g/mol. The predicted molar refractivity (Wildman–Crippen MR) is 367 cm³/mol. The maximum atomic E-state index is 6.51. The standard InChI is InChI=1S/C84H58N2O/c1-5-16-59(17-6-1)63-32-44-74(45-33-63)85(75-46-34-64(35-47-75)60-18-7-2-8-19-60)78-52-40-68(41-53-78)72-56-71(67-28-30-70(31-29-67)80-25-15-26-82-81-24-13-14-27-83(81)87-84(80)82)57-73(58-72)69-42-54-79(55-43-69)86(76-48-36-65(37-49-76)61-20-9-3-10-21-61)77-50-38-66(39-51-77)62-22-11-4-12-23-62/h1-58H. The molecule has 0 aliphatic heterocycles. The fourth-order valence-electron chi connectivity index (χ4n) is 12.2. The highest BCUT2D eigenvalue weighted by molar-refractivity contribution is 6.09. The fraction of sp³-hybridized carbons (Fsp3) is 0. The summed E-state index contributed by atoms with van der Waals surface area (Å²) in [7, 11) is 0. The highest BCUT2D eigenvalue weighted by Gasteiger charge is 2.19. The summed E-state index contributed by atoms with van der Waals surface area (Å²) in [5.74, 6) is 0. The second kappa shape index (κ2) is 23.3. The Labute approximate surface area is 508 Å². The molecule has 0 atom stereocenters. The molecule has 0 N–H and O–H groups in total. The van der Waals surface area contributed by atoms with E-state index >= 15 is 0 Å². The van der Waals surface area contributed by atoms with Crippen LogP contribution in [0.5, 0.6) is 0 Å². The van der Waals surface area contributed by atoms with Crippen LogP contribution >= 0.6 is 0 Å². The topological polar surface area (TPSA) is 19.6 Å². The van der Waals surface area contributed by atoms with Crippen molar-refractivity contribution in [2.24, 2.45) is 0 Å². The number of benzene rings is 14. The summed E-state index contributed by atoms with van der Waals surface area (Å²) < 4.78 is 6.51. The molecule has 87 heavy (non-hydrogen) atoms. The molecule has 0 spiro atoms. The van der Waals surface area contributed by atoms with Gasteiger partial charge < -0.3 is 14.2 Å². The summed E-state index contributed by atoms with van der Waals surface area (Å²) in [4.78, 5) is 4.70. The van der Waals surface area contributed by atoms with Crippen LogP contribution in [0.1, 0.15) is 0 Å². The molecule has 0 saturated carbocycles. The van der Waals surface area contributed by atoms with E-state index < -0.39 is 0 Å². The third kappa shape index (κ3) is 10.7. The molecular formula is C84H58N2O. The van der Waals surface area contributed by atoms with Gasteiger partial charge in [-0.3, -0.25) is 0 Å². The van der Waals surface area contributed by atoms with E-state index in [1.807, 2.05) is 12.1 Å². The van der Waals surface area contributed by atoms with Crippen molar-refractivity contribution in [1.82, 2.24) is 0 Å². The van der Waals surface area contributed by atoms with Crippen LogP contribution < -0.4 is 9.80 Å². The maximum Gasteiger partial charge on any atom is 0.143 e. The minimum Gasteiger partial charge on any atom is -0.455 e. The highest BCUT2D eigenvalue weighted by atomic mass is 16.3. The van der Waals surface area contributed by atoms with Gasteiger partial charge in [-0.1, -0.05) is 255 Å². The van der Waals surface area contributed by atoms with Crippen LogP contribution in [0.2, 0.25) is 0 Å². The molecule has 3 nitrogen and oxygen atoms in total. The summed E-state index contributed by atoms with van der Waals surface area (Å²) in [5, 5.41) is 2.25. The molecule has 0 amide bonds. The van der Waals surface area contributed by atoms with Crippen molar-refractivity contribution in [3.05, 3.63) is 352 Å². The van der Waals surface area contributed by atoms with Crippen LogP contribution in [-0.2, 0) is 0 Å². The quantitative estimate of drug-likeness (QED) is 0.108. The second-order valence-corrected chi connectivity index (χ2v) is 22.1. The first-order valence-corrected chi connectivity index (χ1v) is 29.7. The third-order valence-electron chi connectivity index (χ3n) is 16.7. The number of furan rings is 1. The molecule has 3 heteroatoms. The second-order valence-electron chi connectivity index (χ2n) is 22.1. The van der Waals surface area contributed by atoms with E-state index in [4.69, 9.17) is 4.42 Å². The number of hydrogen-bond donors (Lipinski definition) is 0. The van der Waals surface area contributed by atoms with Gasteiger partial charge in [-0.25, -0.2) is 0 Å². The molecule has 0 fully saturated rings. The first-order chi connectivity index (χ1) is 43.1. The van der Waals surface area contributed by atoms with Gasteiger partial charge >= 0.3 is 0 Å². The molecule has 14 aromatic carbocycles. The lowest BCUT2D eigenvalue weighted by Gasteiger charge is -2.26. The number of para-hydroxylation sites is 2. The molecule has 1 heterocycles. The van der Waals surface area contributed by atoms with E-state index in [1.165, 1.54) is 44.5 Å². The molecule has 1 aromatic heterocycles. The Bertz CT molecular complexity index is 4420. The van der Waals surface area contributed by atoms with Crippen molar-refractivity contribution in [3.63, 3.8) is 0 Å². The Balaban J connectivity index is 0.811. The van der Waals surface area contributed by atoms with Gasteiger partial charge in [-0.05, 0) is 181 Å². The number of rotatable bonds is 14. The van der Waals surface area contributed by atoms with Crippen molar-refractivity contribution in [2.75, 3.05) is 9.80 Å². The Morgan fingerprint density at radius 2 is 0.414 bits per heavy atom. The van der Waals surface area contributed by atoms with E-state index in [1.54, 1.807) is 0 Å². The SMILES string of the molecule is c1ccc(-c2ccc(N(c3ccc(-c4ccccc4)cc3)c3ccc(-c4cc(-c5ccc(-c6cccc7c6oc6ccccc67)cc5)cc(-c5ccc(N(c6ccc(-c7ccccc7)cc6)c6ccc(-c7ccccc7)cc6)cc5)c4)cc3)cc2)cc1. The molecule has 0 aliphatic carbocycles. The Kier molecular flexibility index (Phi) is 14.0. The lowest BCUT2D eigenvalue weighted by atomic mass is 9.92. The number of anilines is 6. The van der Waals surface area contributed by atoms with Gasteiger partial charge in [0, 0.05) is 50.5 Å². The van der Waals surface area contributed by atoms with E-state index in [9.17, 15) is 0 Å². The predicted octanol–water partition coefficient (Wildman–Crippen LogP) is 23.9. The molecule has 0 bridgehead atoms. The van der Waals surface area contributed by atoms with Crippen LogP contribution in [0.15, 0.2) is 356 Å². The smallest absolute Gasteiger partial charge is 0.143 e. The van der Waals surface area contributed by atoms with Crippen molar-refractivity contribution in [3.8, 4) is 89.0 Å². The lowest BCUT2D eigenvalue weighted by Crippen LogP contribution is -2.09. The average molecular weight is 1110 g/mol. The molecule has 15 aromatic rings. The minimum absolute atomic E-state index is 0.896. The van der Waals surface area contributed by atoms with Gasteiger partial charge in [0.15, 0.2) is 0 Å². The van der Waals surface area contributed by atoms with Crippen molar-refractivity contribution in [1.29, 1.82) is 0 Å². The summed E-state index contributed by atoms with van der Waals surface area (Å²) in [6.45, 7) is 0. The van der Waals surface area contributed by atoms with Crippen molar-refractivity contribution >= 4 is 56.1 Å². The molecule has 410 valence electrons. The van der Waals surface area contributed by atoms with Crippen molar-refractivity contribution in [2.45, 2.75) is 0 Å². The van der Waals surface area contributed by atoms with Gasteiger partial charge in [0.1, 0.15) is 11.2 Å². The highest BCUT2D eigenvalue weighted by Crippen LogP contribution is 2.43. The van der Waals surface area contributed by atoms with Crippen molar-refractivity contribution < 1.29 is 4.42 Å². The first-order valence-electron chi connectivity index (χ1n) is 29.7. The Morgan fingerprint density at radius 3 is 0.736 bits per heavy atom. The van der Waals surface area contributed by atoms with Gasteiger partial charge in [-0.2, -0.15) is 0 Å². The maximum absolute atomic E-state index is 6.51. The molecule has 0 radical (unpaired) electrons. The third-order valence-corrected chi connectivity index (χ3v) is 16.7. The van der Waals surface area contributed by atoms with Crippen LogP contribution in [0.25, 0.3) is 111 Å². The van der Waals surface area contributed by atoms with Crippen LogP contribution in [0, 0.1) is 0 Å². The molecular weight excluding hydrogens is 1050 g/mol. The number of fused-ring (bicyclic) bond motifs is 3. The molecule has 0 unspecified atom stereocenters. The lowest BCUT2D eigenvalue weighted by molar-refractivity contribution is 0.670. The summed E-state index contributed by atoms with van der Waals surface area (Å²) in [6.07, 6.45) is 0. The number of nitrogens with zero attached hydrogens (tertiary/aromatic N) is 2. The Morgan fingerprint density at radius 1 is 0.172 bits per heavy atom. The normalized spacial score (nSPS) is 11.2. The fourth-order valence-corrected chi connectivity index (χ4v) is 12.2. The zero-order chi connectivity index (χ0) is 57.9. The van der Waals surface area contributed by atoms with Crippen LogP contribution in [0.4, 0.5) is 34.1 Å². The zero-order valence-corrected chi connectivity index (χ0v) is 47.8. The Hall–Kier alpha value is -11.5. The molecule has 15 rings (SSSR count). The number of hydrogen-bond acceptors (Lipinski definition) is 3. The van der Waals surface area contributed by atoms with Gasteiger partial charge in [0.2, 0.25) is 0 Å². The summed E-state index contributed by atoms with van der Waals surface area (Å²) >= 11 is 0. The van der Waals surface area contributed by atoms with E-state index in [2.05, 4.69) is 350 Å². The van der Waals surface area contributed by atoms with Crippen LogP contribution in [0.3, 0.4) is 0 Å². The van der Waals surface area contributed by atoms with Gasteiger partial charge in [0.25, 0.3) is 0 Å². The van der Waals surface area contributed by atoms with Gasteiger partial charge in [-0.15, -0.1) is 0 Å². The van der Waals surface area contributed by atoms with Crippen LogP contribution in [-0.4, -0.2) is 0 Å². The first kappa shape index (κ1) is 52.3. The van der Waals surface area contributed by atoms with Gasteiger partial charge in [0.05, 0.1) is 0 Å². The largest absolute Gasteiger partial charge is 0.455 e. The molecule has 0 aliphatic rings. The van der Waals surface area contributed by atoms with E-state index in [0.29, 0.717) is 0 Å². The average Bonchev–Trinajstić information content (AvgIpc) is 3.36. The summed E-state index contributed by atoms with van der Waals surface area (Å²) in [5.41, 5.74) is 26.6. The molecule has 0 saturated heterocycles. The summed E-state index contributed by atoms with van der Waals surface area (Å²) in [6, 6.07) is 127.